The lowest BCUT2D eigenvalue weighted by Gasteiger charge is -2.22. The summed E-state index contributed by atoms with van der Waals surface area (Å²) in [7, 11) is 0. The SMILES string of the molecule is NC(=O)c1ccc2c(c1)nc(-c1nc(-c3ccc(Cl)cc3)cs1)n2[C@@H](c1ccccc1)C1CC1. The van der Waals surface area contributed by atoms with Crippen LogP contribution in [0.25, 0.3) is 33.1 Å². The van der Waals surface area contributed by atoms with E-state index in [0.717, 1.165) is 33.1 Å². The van der Waals surface area contributed by atoms with Crippen LogP contribution in [0.15, 0.2) is 78.2 Å². The molecule has 1 amide bonds. The van der Waals surface area contributed by atoms with Crippen LogP contribution in [0.4, 0.5) is 0 Å². The molecule has 1 fully saturated rings. The molecule has 1 saturated carbocycles. The van der Waals surface area contributed by atoms with E-state index in [1.807, 2.05) is 41.8 Å². The number of carbonyl (C=O) groups excluding carboxylic acids is 1. The predicted molar refractivity (Wildman–Crippen MR) is 137 cm³/mol. The molecular weight excluding hydrogens is 464 g/mol. The molecule has 0 radical (unpaired) electrons. The van der Waals surface area contributed by atoms with Gasteiger partial charge in [-0.25, -0.2) is 9.97 Å². The summed E-state index contributed by atoms with van der Waals surface area (Å²) in [5, 5.41) is 3.58. The van der Waals surface area contributed by atoms with Crippen LogP contribution in [0.3, 0.4) is 0 Å². The van der Waals surface area contributed by atoms with E-state index in [9.17, 15) is 4.79 Å². The molecule has 0 saturated heterocycles. The third-order valence-electron chi connectivity index (χ3n) is 6.30. The summed E-state index contributed by atoms with van der Waals surface area (Å²) in [4.78, 5) is 21.8. The van der Waals surface area contributed by atoms with Crippen molar-refractivity contribution in [2.45, 2.75) is 18.9 Å². The molecule has 34 heavy (non-hydrogen) atoms. The van der Waals surface area contributed by atoms with Gasteiger partial charge in [-0.15, -0.1) is 11.3 Å². The number of aromatic nitrogens is 3. The third-order valence-corrected chi connectivity index (χ3v) is 7.39. The first-order valence-electron chi connectivity index (χ1n) is 11.2. The van der Waals surface area contributed by atoms with Crippen molar-refractivity contribution in [3.8, 4) is 22.1 Å². The van der Waals surface area contributed by atoms with Crippen molar-refractivity contribution in [3.05, 3.63) is 94.3 Å². The Morgan fingerprint density at radius 1 is 1.03 bits per heavy atom. The standard InChI is InChI=1S/C27H21ClN4OS/c28-20-11-8-16(9-12-20)22-15-34-27(31-22)26-30-21-14-19(25(29)33)10-13-23(21)32(26)24(18-6-7-18)17-4-2-1-3-5-17/h1-5,8-15,18,24H,6-7H2,(H2,29,33)/t24-/m0/s1. The van der Waals surface area contributed by atoms with Gasteiger partial charge in [0, 0.05) is 21.5 Å². The number of fused-ring (bicyclic) bond motifs is 1. The van der Waals surface area contributed by atoms with Gasteiger partial charge in [0.05, 0.1) is 22.8 Å². The van der Waals surface area contributed by atoms with E-state index in [1.165, 1.54) is 18.4 Å². The van der Waals surface area contributed by atoms with Crippen molar-refractivity contribution in [2.75, 3.05) is 0 Å². The average molecular weight is 485 g/mol. The van der Waals surface area contributed by atoms with E-state index in [1.54, 1.807) is 23.5 Å². The maximum absolute atomic E-state index is 11.8. The Hall–Kier alpha value is -3.48. The zero-order valence-electron chi connectivity index (χ0n) is 18.2. The molecule has 6 rings (SSSR count). The first kappa shape index (κ1) is 21.1. The Labute approximate surface area is 205 Å². The highest BCUT2D eigenvalue weighted by Gasteiger charge is 2.36. The number of halogens is 1. The number of amides is 1. The Morgan fingerprint density at radius 3 is 2.50 bits per heavy atom. The molecule has 1 aliphatic rings. The highest BCUT2D eigenvalue weighted by atomic mass is 35.5. The van der Waals surface area contributed by atoms with Gasteiger partial charge in [-0.1, -0.05) is 54.1 Å². The van der Waals surface area contributed by atoms with E-state index < -0.39 is 5.91 Å². The number of hydrogen-bond donors (Lipinski definition) is 1. The molecule has 2 aromatic heterocycles. The summed E-state index contributed by atoms with van der Waals surface area (Å²) in [5.74, 6) is 0.881. The van der Waals surface area contributed by atoms with E-state index in [4.69, 9.17) is 27.3 Å². The van der Waals surface area contributed by atoms with Gasteiger partial charge in [0.2, 0.25) is 5.91 Å². The van der Waals surface area contributed by atoms with Crippen LogP contribution in [-0.4, -0.2) is 20.4 Å². The monoisotopic (exact) mass is 484 g/mol. The molecular formula is C27H21ClN4OS. The zero-order chi connectivity index (χ0) is 23.2. The second kappa shape index (κ2) is 8.38. The quantitative estimate of drug-likeness (QED) is 0.296. The summed E-state index contributed by atoms with van der Waals surface area (Å²) >= 11 is 7.63. The molecule has 3 aromatic carbocycles. The number of nitrogens with two attached hydrogens (primary N) is 1. The van der Waals surface area contributed by atoms with Crippen molar-refractivity contribution < 1.29 is 4.79 Å². The highest BCUT2D eigenvalue weighted by molar-refractivity contribution is 7.13. The fourth-order valence-corrected chi connectivity index (χ4v) is 5.45. The van der Waals surface area contributed by atoms with Crippen molar-refractivity contribution in [2.24, 2.45) is 11.7 Å². The molecule has 2 N–H and O–H groups in total. The van der Waals surface area contributed by atoms with Gasteiger partial charge < -0.3 is 10.3 Å². The molecule has 168 valence electrons. The van der Waals surface area contributed by atoms with Crippen LogP contribution >= 0.6 is 22.9 Å². The molecule has 0 unspecified atom stereocenters. The Kier molecular flexibility index (Phi) is 5.20. The zero-order valence-corrected chi connectivity index (χ0v) is 19.8. The third kappa shape index (κ3) is 3.79. The molecule has 7 heteroatoms. The van der Waals surface area contributed by atoms with Gasteiger partial charge >= 0.3 is 0 Å². The maximum Gasteiger partial charge on any atom is 0.248 e. The summed E-state index contributed by atoms with van der Waals surface area (Å²) in [5.41, 5.74) is 10.9. The molecule has 5 aromatic rings. The van der Waals surface area contributed by atoms with E-state index in [-0.39, 0.29) is 6.04 Å². The minimum Gasteiger partial charge on any atom is -0.366 e. The lowest BCUT2D eigenvalue weighted by Crippen LogP contribution is -2.14. The Bertz CT molecular complexity index is 1500. The summed E-state index contributed by atoms with van der Waals surface area (Å²) in [6, 6.07) is 23.9. The first-order valence-corrected chi connectivity index (χ1v) is 12.4. The largest absolute Gasteiger partial charge is 0.366 e. The van der Waals surface area contributed by atoms with Crippen LogP contribution in [-0.2, 0) is 0 Å². The normalized spacial score (nSPS) is 14.4. The average Bonchev–Trinajstić information content (AvgIpc) is 3.44. The van der Waals surface area contributed by atoms with Crippen LogP contribution < -0.4 is 5.73 Å². The van der Waals surface area contributed by atoms with Crippen LogP contribution in [0, 0.1) is 5.92 Å². The van der Waals surface area contributed by atoms with Crippen molar-refractivity contribution in [3.63, 3.8) is 0 Å². The second-order valence-electron chi connectivity index (χ2n) is 8.61. The fraction of sp³-hybridized carbons (Fsp3) is 0.148. The minimum atomic E-state index is -0.459. The molecule has 0 bridgehead atoms. The van der Waals surface area contributed by atoms with E-state index >= 15 is 0 Å². The van der Waals surface area contributed by atoms with Gasteiger partial charge in [0.15, 0.2) is 10.8 Å². The molecule has 1 aliphatic carbocycles. The van der Waals surface area contributed by atoms with Crippen molar-refractivity contribution in [1.82, 2.24) is 14.5 Å². The highest BCUT2D eigenvalue weighted by Crippen LogP contribution is 2.47. The molecule has 1 atom stereocenters. The Balaban J connectivity index is 1.55. The maximum atomic E-state index is 11.8. The van der Waals surface area contributed by atoms with E-state index in [2.05, 4.69) is 28.8 Å². The van der Waals surface area contributed by atoms with Crippen LogP contribution in [0.2, 0.25) is 5.02 Å². The number of rotatable bonds is 6. The van der Waals surface area contributed by atoms with Gasteiger partial charge in [-0.05, 0) is 54.7 Å². The molecule has 0 spiro atoms. The van der Waals surface area contributed by atoms with Crippen LogP contribution in [0.5, 0.6) is 0 Å². The Morgan fingerprint density at radius 2 is 1.79 bits per heavy atom. The summed E-state index contributed by atoms with van der Waals surface area (Å²) in [6.07, 6.45) is 2.35. The number of imidazole rings is 1. The van der Waals surface area contributed by atoms with Crippen molar-refractivity contribution in [1.29, 1.82) is 0 Å². The topological polar surface area (TPSA) is 73.8 Å². The van der Waals surface area contributed by atoms with Crippen LogP contribution in [0.1, 0.15) is 34.8 Å². The second-order valence-corrected chi connectivity index (χ2v) is 9.91. The van der Waals surface area contributed by atoms with E-state index in [0.29, 0.717) is 16.5 Å². The lowest BCUT2D eigenvalue weighted by atomic mass is 10.0. The summed E-state index contributed by atoms with van der Waals surface area (Å²) in [6.45, 7) is 0. The van der Waals surface area contributed by atoms with Gasteiger partial charge in [-0.2, -0.15) is 0 Å². The van der Waals surface area contributed by atoms with Gasteiger partial charge in [0.25, 0.3) is 0 Å². The predicted octanol–water partition coefficient (Wildman–Crippen LogP) is 6.58. The number of benzene rings is 3. The smallest absolute Gasteiger partial charge is 0.248 e. The summed E-state index contributed by atoms with van der Waals surface area (Å²) < 4.78 is 2.30. The number of primary amides is 1. The van der Waals surface area contributed by atoms with Gasteiger partial charge in [0.1, 0.15) is 0 Å². The van der Waals surface area contributed by atoms with Crippen molar-refractivity contribution >= 4 is 39.9 Å². The first-order chi connectivity index (χ1) is 16.6. The molecule has 5 nitrogen and oxygen atoms in total. The van der Waals surface area contributed by atoms with Gasteiger partial charge in [-0.3, -0.25) is 4.79 Å². The number of carbonyl (C=O) groups is 1. The minimum absolute atomic E-state index is 0.142. The lowest BCUT2D eigenvalue weighted by molar-refractivity contribution is 0.100. The number of thiazole rings is 1. The fourth-order valence-electron chi connectivity index (χ4n) is 4.51. The number of nitrogens with zero attached hydrogens (tertiary/aromatic N) is 3. The molecule has 0 aliphatic heterocycles. The molecule has 2 heterocycles. The number of hydrogen-bond acceptors (Lipinski definition) is 4.